The molecule has 0 atom stereocenters. The Balaban J connectivity index is 2.23. The van der Waals surface area contributed by atoms with Gasteiger partial charge in [0.05, 0.1) is 6.61 Å². The number of nitrogen functional groups attached to an aromatic ring is 1. The number of halogens is 1. The molecule has 5 nitrogen and oxygen atoms in total. The molecule has 0 aliphatic rings. The van der Waals surface area contributed by atoms with Crippen molar-refractivity contribution in [3.63, 3.8) is 0 Å². The van der Waals surface area contributed by atoms with E-state index in [1.807, 2.05) is 24.3 Å². The normalized spacial score (nSPS) is 10.3. The number of nitrogens with zero attached hydrogens (tertiary/aromatic N) is 2. The van der Waals surface area contributed by atoms with E-state index in [1.54, 1.807) is 7.11 Å². The average molecular weight is 309 g/mol. The molecule has 1 heterocycles. The Labute approximate surface area is 114 Å². The number of hydrogen-bond donors (Lipinski definition) is 2. The molecule has 0 spiro atoms. The number of rotatable bonds is 4. The van der Waals surface area contributed by atoms with Crippen LogP contribution in [0.5, 0.6) is 0 Å². The zero-order valence-corrected chi connectivity index (χ0v) is 11.4. The number of ether oxygens (including phenoxy) is 1. The third kappa shape index (κ3) is 2.96. The minimum absolute atomic E-state index is 0.403. The number of aromatic nitrogens is 2. The number of hydrogen-bond acceptors (Lipinski definition) is 5. The molecular weight excluding hydrogens is 296 g/mol. The van der Waals surface area contributed by atoms with Crippen molar-refractivity contribution in [1.29, 1.82) is 0 Å². The number of benzene rings is 1. The standard InChI is InChI=1S/C12H13BrN4O/c1-18-6-8-3-2-4-9(5-8)17-12-10(13)11(14)15-7-16-12/h2-5,7H,6H2,1H3,(H3,14,15,16,17). The van der Waals surface area contributed by atoms with Crippen molar-refractivity contribution >= 4 is 33.3 Å². The Bertz CT molecular complexity index is 547. The fourth-order valence-corrected chi connectivity index (χ4v) is 1.82. The van der Waals surface area contributed by atoms with Crippen LogP contribution >= 0.6 is 15.9 Å². The zero-order chi connectivity index (χ0) is 13.0. The molecule has 1 aromatic carbocycles. The van der Waals surface area contributed by atoms with Gasteiger partial charge in [-0.15, -0.1) is 0 Å². The second kappa shape index (κ2) is 5.79. The number of anilines is 3. The van der Waals surface area contributed by atoms with Gasteiger partial charge in [0.25, 0.3) is 0 Å². The molecule has 94 valence electrons. The van der Waals surface area contributed by atoms with Crippen LogP contribution in [-0.4, -0.2) is 17.1 Å². The van der Waals surface area contributed by atoms with E-state index in [0.717, 1.165) is 11.3 Å². The van der Waals surface area contributed by atoms with Gasteiger partial charge in [-0.3, -0.25) is 0 Å². The average Bonchev–Trinajstić information content (AvgIpc) is 2.36. The second-order valence-electron chi connectivity index (χ2n) is 3.68. The van der Waals surface area contributed by atoms with Gasteiger partial charge in [-0.1, -0.05) is 12.1 Å². The molecule has 2 rings (SSSR count). The van der Waals surface area contributed by atoms with Gasteiger partial charge in [0.15, 0.2) is 0 Å². The van der Waals surface area contributed by atoms with E-state index in [-0.39, 0.29) is 0 Å². The predicted molar refractivity (Wildman–Crippen MR) is 74.6 cm³/mol. The highest BCUT2D eigenvalue weighted by Gasteiger charge is 2.06. The third-order valence-corrected chi connectivity index (χ3v) is 3.10. The van der Waals surface area contributed by atoms with E-state index < -0.39 is 0 Å². The van der Waals surface area contributed by atoms with Crippen LogP contribution < -0.4 is 11.1 Å². The summed E-state index contributed by atoms with van der Waals surface area (Å²) in [6.45, 7) is 0.572. The van der Waals surface area contributed by atoms with Gasteiger partial charge in [0.2, 0.25) is 0 Å². The Morgan fingerprint density at radius 2 is 2.22 bits per heavy atom. The minimum Gasteiger partial charge on any atom is -0.383 e. The molecule has 0 aliphatic heterocycles. The predicted octanol–water partition coefficient (Wildman–Crippen LogP) is 2.71. The maximum Gasteiger partial charge on any atom is 0.150 e. The Morgan fingerprint density at radius 3 is 3.00 bits per heavy atom. The summed E-state index contributed by atoms with van der Waals surface area (Å²) in [6.07, 6.45) is 1.42. The summed E-state index contributed by atoms with van der Waals surface area (Å²) in [5, 5.41) is 3.18. The van der Waals surface area contributed by atoms with Crippen LogP contribution in [0.15, 0.2) is 35.1 Å². The molecule has 0 radical (unpaired) electrons. The molecule has 0 aliphatic carbocycles. The topological polar surface area (TPSA) is 73.1 Å². The summed E-state index contributed by atoms with van der Waals surface area (Å²) in [4.78, 5) is 8.02. The molecule has 18 heavy (non-hydrogen) atoms. The van der Waals surface area contributed by atoms with Crippen molar-refractivity contribution in [2.24, 2.45) is 0 Å². The molecule has 0 saturated carbocycles. The van der Waals surface area contributed by atoms with Crippen LogP contribution in [0.3, 0.4) is 0 Å². The number of methoxy groups -OCH3 is 1. The fraction of sp³-hybridized carbons (Fsp3) is 0.167. The first-order chi connectivity index (χ1) is 8.70. The molecule has 0 unspecified atom stereocenters. The number of nitrogens with one attached hydrogen (secondary N) is 1. The van der Waals surface area contributed by atoms with Gasteiger partial charge in [-0.2, -0.15) is 0 Å². The Hall–Kier alpha value is -1.66. The Kier molecular flexibility index (Phi) is 4.11. The molecule has 0 fully saturated rings. The lowest BCUT2D eigenvalue weighted by molar-refractivity contribution is 0.185. The quantitative estimate of drug-likeness (QED) is 0.908. The van der Waals surface area contributed by atoms with E-state index in [9.17, 15) is 0 Å². The lowest BCUT2D eigenvalue weighted by Crippen LogP contribution is -2.00. The lowest BCUT2D eigenvalue weighted by atomic mass is 10.2. The molecule has 0 amide bonds. The molecule has 0 saturated heterocycles. The minimum atomic E-state index is 0.403. The van der Waals surface area contributed by atoms with Crippen molar-refractivity contribution in [3.8, 4) is 0 Å². The van der Waals surface area contributed by atoms with E-state index in [2.05, 4.69) is 31.2 Å². The molecule has 2 aromatic rings. The smallest absolute Gasteiger partial charge is 0.150 e. The van der Waals surface area contributed by atoms with Crippen LogP contribution in [0.2, 0.25) is 0 Å². The fourth-order valence-electron chi connectivity index (χ4n) is 1.51. The summed E-state index contributed by atoms with van der Waals surface area (Å²) >= 11 is 3.35. The summed E-state index contributed by atoms with van der Waals surface area (Å²) < 4.78 is 5.75. The first-order valence-corrected chi connectivity index (χ1v) is 6.11. The maximum atomic E-state index is 5.69. The number of nitrogens with two attached hydrogens (primary N) is 1. The maximum absolute atomic E-state index is 5.69. The van der Waals surface area contributed by atoms with Crippen molar-refractivity contribution in [2.45, 2.75) is 6.61 Å². The lowest BCUT2D eigenvalue weighted by Gasteiger charge is -2.09. The summed E-state index contributed by atoms with van der Waals surface area (Å²) in [5.41, 5.74) is 7.70. The van der Waals surface area contributed by atoms with Crippen LogP contribution in [0.25, 0.3) is 0 Å². The third-order valence-electron chi connectivity index (χ3n) is 2.32. The molecule has 0 bridgehead atoms. The van der Waals surface area contributed by atoms with Gasteiger partial charge in [-0.25, -0.2) is 9.97 Å². The van der Waals surface area contributed by atoms with E-state index >= 15 is 0 Å². The van der Waals surface area contributed by atoms with E-state index in [0.29, 0.717) is 22.7 Å². The van der Waals surface area contributed by atoms with Gasteiger partial charge in [0.1, 0.15) is 22.4 Å². The molecule has 3 N–H and O–H groups in total. The largest absolute Gasteiger partial charge is 0.383 e. The molecule has 6 heteroatoms. The summed E-state index contributed by atoms with van der Waals surface area (Å²) in [5.74, 6) is 1.04. The second-order valence-corrected chi connectivity index (χ2v) is 4.47. The Morgan fingerprint density at radius 1 is 1.39 bits per heavy atom. The van der Waals surface area contributed by atoms with Crippen LogP contribution in [0.4, 0.5) is 17.3 Å². The van der Waals surface area contributed by atoms with E-state index in [1.165, 1.54) is 6.33 Å². The van der Waals surface area contributed by atoms with E-state index in [4.69, 9.17) is 10.5 Å². The summed E-state index contributed by atoms with van der Waals surface area (Å²) in [7, 11) is 1.67. The van der Waals surface area contributed by atoms with Crippen molar-refractivity contribution in [1.82, 2.24) is 9.97 Å². The van der Waals surface area contributed by atoms with Crippen LogP contribution in [0, 0.1) is 0 Å². The molecular formula is C12H13BrN4O. The van der Waals surface area contributed by atoms with Crippen molar-refractivity contribution < 1.29 is 4.74 Å². The van der Waals surface area contributed by atoms with Gasteiger partial charge < -0.3 is 15.8 Å². The van der Waals surface area contributed by atoms with Crippen molar-refractivity contribution in [3.05, 3.63) is 40.6 Å². The monoisotopic (exact) mass is 308 g/mol. The van der Waals surface area contributed by atoms with Crippen LogP contribution in [-0.2, 0) is 11.3 Å². The highest BCUT2D eigenvalue weighted by atomic mass is 79.9. The molecule has 1 aromatic heterocycles. The van der Waals surface area contributed by atoms with Crippen LogP contribution in [0.1, 0.15) is 5.56 Å². The first-order valence-electron chi connectivity index (χ1n) is 5.31. The van der Waals surface area contributed by atoms with Gasteiger partial charge in [-0.05, 0) is 33.6 Å². The summed E-state index contributed by atoms with van der Waals surface area (Å²) in [6, 6.07) is 7.89. The highest BCUT2D eigenvalue weighted by molar-refractivity contribution is 9.10. The van der Waals surface area contributed by atoms with Crippen molar-refractivity contribution in [2.75, 3.05) is 18.2 Å². The first kappa shape index (κ1) is 12.8. The highest BCUT2D eigenvalue weighted by Crippen LogP contribution is 2.27. The zero-order valence-electron chi connectivity index (χ0n) is 9.85. The van der Waals surface area contributed by atoms with Gasteiger partial charge >= 0.3 is 0 Å². The SMILES string of the molecule is COCc1cccc(Nc2ncnc(N)c2Br)c1. The van der Waals surface area contributed by atoms with Gasteiger partial charge in [0, 0.05) is 12.8 Å².